The van der Waals surface area contributed by atoms with Crippen LogP contribution in [0, 0.1) is 11.3 Å². The third kappa shape index (κ3) is 4.19. The van der Waals surface area contributed by atoms with Gasteiger partial charge in [-0.25, -0.2) is 4.98 Å². The van der Waals surface area contributed by atoms with Crippen molar-refractivity contribution in [3.8, 4) is 6.07 Å². The second-order valence-electron chi connectivity index (χ2n) is 5.25. The lowest BCUT2D eigenvalue weighted by molar-refractivity contribution is 0.824. The highest BCUT2D eigenvalue weighted by Gasteiger charge is 2.10. The van der Waals surface area contributed by atoms with E-state index in [2.05, 4.69) is 53.1 Å². The molecule has 5 nitrogen and oxygen atoms in total. The lowest BCUT2D eigenvalue weighted by Gasteiger charge is -2.21. The van der Waals surface area contributed by atoms with Crippen LogP contribution in [0.25, 0.3) is 0 Å². The van der Waals surface area contributed by atoms with Crippen molar-refractivity contribution in [3.63, 3.8) is 0 Å². The molecule has 0 fully saturated rings. The number of aryl methyl sites for hydroxylation is 1. The van der Waals surface area contributed by atoms with Crippen molar-refractivity contribution in [2.45, 2.75) is 33.6 Å². The molecule has 0 saturated heterocycles. The van der Waals surface area contributed by atoms with Gasteiger partial charge >= 0.3 is 0 Å². The van der Waals surface area contributed by atoms with Crippen LogP contribution >= 0.6 is 0 Å². The highest BCUT2D eigenvalue weighted by molar-refractivity contribution is 5.63. The van der Waals surface area contributed by atoms with E-state index in [1.54, 1.807) is 6.07 Å². The Bertz CT molecular complexity index is 686. The number of aromatic nitrogens is 2. The second-order valence-corrected chi connectivity index (χ2v) is 5.25. The molecule has 0 radical (unpaired) electrons. The zero-order chi connectivity index (χ0) is 16.7. The summed E-state index contributed by atoms with van der Waals surface area (Å²) in [4.78, 5) is 11.4. The largest absolute Gasteiger partial charge is 0.357 e. The summed E-state index contributed by atoms with van der Waals surface area (Å²) in [6, 6.07) is 11.6. The Morgan fingerprint density at radius 2 is 1.87 bits per heavy atom. The maximum absolute atomic E-state index is 9.22. The summed E-state index contributed by atoms with van der Waals surface area (Å²) in [6.45, 7) is 8.16. The molecule has 2 aromatic rings. The highest BCUT2D eigenvalue weighted by atomic mass is 15.2. The van der Waals surface area contributed by atoms with Crippen LogP contribution in [0.4, 0.5) is 17.5 Å². The monoisotopic (exact) mass is 309 g/mol. The molecule has 1 aromatic carbocycles. The lowest BCUT2D eigenvalue weighted by atomic mass is 10.2. The summed E-state index contributed by atoms with van der Waals surface area (Å²) in [6.07, 6.45) is 1.94. The Labute approximate surface area is 138 Å². The molecular formula is C18H23N5. The summed E-state index contributed by atoms with van der Waals surface area (Å²) in [5, 5.41) is 12.4. The predicted molar refractivity (Wildman–Crippen MR) is 94.0 cm³/mol. The van der Waals surface area contributed by atoms with E-state index in [1.165, 1.54) is 0 Å². The highest BCUT2D eigenvalue weighted by Crippen LogP contribution is 2.21. The topological polar surface area (TPSA) is 64.8 Å². The molecule has 5 heteroatoms. The van der Waals surface area contributed by atoms with Crippen LogP contribution < -0.4 is 10.2 Å². The van der Waals surface area contributed by atoms with Gasteiger partial charge in [0, 0.05) is 24.8 Å². The third-order valence-electron chi connectivity index (χ3n) is 3.65. The Morgan fingerprint density at radius 3 is 2.52 bits per heavy atom. The van der Waals surface area contributed by atoms with Gasteiger partial charge in [-0.15, -0.1) is 0 Å². The summed E-state index contributed by atoms with van der Waals surface area (Å²) in [5.74, 6) is 1.46. The Kier molecular flexibility index (Phi) is 5.93. The Hall–Kier alpha value is -2.61. The van der Waals surface area contributed by atoms with E-state index in [-0.39, 0.29) is 0 Å². The van der Waals surface area contributed by atoms with Crippen molar-refractivity contribution in [1.82, 2.24) is 9.97 Å². The van der Waals surface area contributed by atoms with Crippen molar-refractivity contribution in [3.05, 3.63) is 41.6 Å². The van der Waals surface area contributed by atoms with Crippen LogP contribution in [0.3, 0.4) is 0 Å². The standard InChI is InChI=1S/C18H23N5/c1-4-9-15-12-17(23(5-2)6-3)22-18(20-15)21-16-11-8-7-10-14(16)13-19/h7-8,10-12H,4-6,9H2,1-3H3,(H,20,21,22). The van der Waals surface area contributed by atoms with Crippen molar-refractivity contribution in [1.29, 1.82) is 5.26 Å². The van der Waals surface area contributed by atoms with E-state index >= 15 is 0 Å². The number of benzene rings is 1. The van der Waals surface area contributed by atoms with Gasteiger partial charge < -0.3 is 10.2 Å². The molecule has 2 rings (SSSR count). The van der Waals surface area contributed by atoms with Crippen LogP contribution in [0.1, 0.15) is 38.4 Å². The number of anilines is 3. The van der Waals surface area contributed by atoms with Crippen LogP contribution in [0.15, 0.2) is 30.3 Å². The zero-order valence-electron chi connectivity index (χ0n) is 14.0. The van der Waals surface area contributed by atoms with Crippen molar-refractivity contribution >= 4 is 17.5 Å². The minimum atomic E-state index is 0.542. The average Bonchev–Trinajstić information content (AvgIpc) is 2.57. The summed E-state index contributed by atoms with van der Waals surface area (Å²) >= 11 is 0. The molecule has 23 heavy (non-hydrogen) atoms. The molecule has 0 unspecified atom stereocenters. The maximum atomic E-state index is 9.22. The first-order valence-corrected chi connectivity index (χ1v) is 8.10. The molecule has 0 aliphatic carbocycles. The van der Waals surface area contributed by atoms with E-state index < -0.39 is 0 Å². The fourth-order valence-corrected chi connectivity index (χ4v) is 2.44. The molecule has 1 heterocycles. The predicted octanol–water partition coefficient (Wildman–Crippen LogP) is 3.89. The van der Waals surface area contributed by atoms with Crippen LogP contribution in [0.5, 0.6) is 0 Å². The van der Waals surface area contributed by atoms with Gasteiger partial charge in [0.15, 0.2) is 0 Å². The van der Waals surface area contributed by atoms with Gasteiger partial charge in [0.25, 0.3) is 0 Å². The van der Waals surface area contributed by atoms with Gasteiger partial charge in [0.2, 0.25) is 5.95 Å². The van der Waals surface area contributed by atoms with Crippen LogP contribution in [-0.2, 0) is 6.42 Å². The minimum Gasteiger partial charge on any atom is -0.357 e. The van der Waals surface area contributed by atoms with Crippen molar-refractivity contribution < 1.29 is 0 Å². The Morgan fingerprint density at radius 1 is 1.13 bits per heavy atom. The fraction of sp³-hybridized carbons (Fsp3) is 0.389. The molecule has 1 N–H and O–H groups in total. The number of nitrogens with one attached hydrogen (secondary N) is 1. The summed E-state index contributed by atoms with van der Waals surface area (Å²) in [5.41, 5.74) is 2.33. The first-order valence-electron chi connectivity index (χ1n) is 8.10. The van der Waals surface area contributed by atoms with Gasteiger partial charge in [-0.05, 0) is 32.4 Å². The molecular weight excluding hydrogens is 286 g/mol. The maximum Gasteiger partial charge on any atom is 0.229 e. The Balaban J connectivity index is 2.39. The normalized spacial score (nSPS) is 10.2. The van der Waals surface area contributed by atoms with Gasteiger partial charge in [0.1, 0.15) is 11.9 Å². The second kappa shape index (κ2) is 8.14. The summed E-state index contributed by atoms with van der Waals surface area (Å²) < 4.78 is 0. The molecule has 0 atom stereocenters. The molecule has 0 aliphatic rings. The third-order valence-corrected chi connectivity index (χ3v) is 3.65. The van der Waals surface area contributed by atoms with E-state index in [9.17, 15) is 5.26 Å². The van der Waals surface area contributed by atoms with Crippen molar-refractivity contribution in [2.24, 2.45) is 0 Å². The molecule has 1 aromatic heterocycles. The first kappa shape index (κ1) is 16.8. The first-order chi connectivity index (χ1) is 11.2. The number of nitriles is 1. The quantitative estimate of drug-likeness (QED) is 0.840. The molecule has 120 valence electrons. The minimum absolute atomic E-state index is 0.542. The smallest absolute Gasteiger partial charge is 0.229 e. The lowest BCUT2D eigenvalue weighted by Crippen LogP contribution is -2.23. The number of hydrogen-bond acceptors (Lipinski definition) is 5. The van der Waals surface area contributed by atoms with E-state index in [0.29, 0.717) is 11.5 Å². The van der Waals surface area contributed by atoms with Gasteiger partial charge in [-0.1, -0.05) is 25.5 Å². The number of rotatable bonds is 7. The van der Waals surface area contributed by atoms with Gasteiger partial charge in [0.05, 0.1) is 11.3 Å². The molecule has 0 aliphatic heterocycles. The van der Waals surface area contributed by atoms with E-state index in [0.717, 1.165) is 43.1 Å². The molecule has 0 saturated carbocycles. The van der Waals surface area contributed by atoms with E-state index in [1.807, 2.05) is 18.2 Å². The number of para-hydroxylation sites is 1. The number of nitrogens with zero attached hydrogens (tertiary/aromatic N) is 4. The molecule has 0 spiro atoms. The molecule has 0 bridgehead atoms. The zero-order valence-corrected chi connectivity index (χ0v) is 14.0. The van der Waals surface area contributed by atoms with Gasteiger partial charge in [-0.2, -0.15) is 10.2 Å². The fourth-order valence-electron chi connectivity index (χ4n) is 2.44. The SMILES string of the molecule is CCCc1cc(N(CC)CC)nc(Nc2ccccc2C#N)n1. The van der Waals surface area contributed by atoms with Crippen molar-refractivity contribution in [2.75, 3.05) is 23.3 Å². The number of hydrogen-bond donors (Lipinski definition) is 1. The average molecular weight is 309 g/mol. The van der Waals surface area contributed by atoms with Crippen LogP contribution in [-0.4, -0.2) is 23.1 Å². The summed E-state index contributed by atoms with van der Waals surface area (Å²) in [7, 11) is 0. The van der Waals surface area contributed by atoms with Gasteiger partial charge in [-0.3, -0.25) is 0 Å². The molecule has 0 amide bonds. The van der Waals surface area contributed by atoms with E-state index in [4.69, 9.17) is 0 Å². The van der Waals surface area contributed by atoms with Crippen LogP contribution in [0.2, 0.25) is 0 Å².